The molecule has 0 radical (unpaired) electrons. The molecular formula is C27H34FN3O3. The average molecular weight is 468 g/mol. The molecule has 0 fully saturated rings. The van der Waals surface area contributed by atoms with E-state index in [9.17, 15) is 14.0 Å². The summed E-state index contributed by atoms with van der Waals surface area (Å²) in [6.45, 7) is 8.48. The van der Waals surface area contributed by atoms with E-state index in [0.717, 1.165) is 11.1 Å². The number of amides is 2. The Kier molecular flexibility index (Phi) is 8.20. The maximum Gasteiger partial charge on any atom is 0.262 e. The predicted molar refractivity (Wildman–Crippen MR) is 131 cm³/mol. The molecule has 0 aromatic heterocycles. The summed E-state index contributed by atoms with van der Waals surface area (Å²) < 4.78 is 19.7. The molecule has 0 N–H and O–H groups in total. The van der Waals surface area contributed by atoms with Gasteiger partial charge in [-0.25, -0.2) is 9.40 Å². The Bertz CT molecular complexity index is 1040. The van der Waals surface area contributed by atoms with Gasteiger partial charge in [0.05, 0.1) is 18.4 Å². The average Bonchev–Trinajstić information content (AvgIpc) is 3.21. The number of halogens is 1. The van der Waals surface area contributed by atoms with Crippen LogP contribution >= 0.6 is 0 Å². The molecular weight excluding hydrogens is 433 g/mol. The fourth-order valence-corrected chi connectivity index (χ4v) is 3.94. The molecule has 1 atom stereocenters. The molecule has 0 bridgehead atoms. The molecule has 2 amide bonds. The third-order valence-electron chi connectivity index (χ3n) is 5.74. The minimum atomic E-state index is -0.375. The van der Waals surface area contributed by atoms with Crippen molar-refractivity contribution in [2.75, 3.05) is 26.8 Å². The molecule has 2 aromatic rings. The summed E-state index contributed by atoms with van der Waals surface area (Å²) in [6.07, 6.45) is 0.707. The lowest BCUT2D eigenvalue weighted by Gasteiger charge is -2.29. The number of methoxy groups -OCH3 is 1. The highest BCUT2D eigenvalue weighted by atomic mass is 19.1. The van der Waals surface area contributed by atoms with Crippen LogP contribution in [-0.2, 0) is 14.3 Å². The number of carbonyl (C=O) groups excluding carboxylic acids is 2. The molecule has 0 saturated heterocycles. The molecule has 1 aliphatic heterocycles. The molecule has 34 heavy (non-hydrogen) atoms. The Morgan fingerprint density at radius 1 is 1.15 bits per heavy atom. The van der Waals surface area contributed by atoms with Crippen LogP contribution < -0.4 is 0 Å². The van der Waals surface area contributed by atoms with Gasteiger partial charge in [-0.1, -0.05) is 68.8 Å². The van der Waals surface area contributed by atoms with Crippen molar-refractivity contribution in [1.29, 1.82) is 0 Å². The van der Waals surface area contributed by atoms with Gasteiger partial charge < -0.3 is 9.64 Å². The van der Waals surface area contributed by atoms with Gasteiger partial charge in [0.2, 0.25) is 5.91 Å². The second kappa shape index (κ2) is 10.9. The number of hydrogen-bond acceptors (Lipinski definition) is 4. The minimum Gasteiger partial charge on any atom is -0.383 e. The van der Waals surface area contributed by atoms with Crippen molar-refractivity contribution in [3.8, 4) is 0 Å². The van der Waals surface area contributed by atoms with Crippen LogP contribution in [0.2, 0.25) is 0 Å². The van der Waals surface area contributed by atoms with Crippen molar-refractivity contribution < 1.29 is 18.7 Å². The number of aryl methyl sites for hydroxylation is 1. The lowest BCUT2D eigenvalue weighted by atomic mass is 9.91. The van der Waals surface area contributed by atoms with E-state index in [1.165, 1.54) is 16.0 Å². The van der Waals surface area contributed by atoms with Crippen molar-refractivity contribution in [3.63, 3.8) is 0 Å². The van der Waals surface area contributed by atoms with Crippen molar-refractivity contribution in [2.45, 2.75) is 46.6 Å². The molecule has 0 unspecified atom stereocenters. The van der Waals surface area contributed by atoms with E-state index in [2.05, 4.69) is 5.10 Å². The first-order chi connectivity index (χ1) is 16.1. The van der Waals surface area contributed by atoms with Crippen LogP contribution in [0.5, 0.6) is 0 Å². The first-order valence-electron chi connectivity index (χ1n) is 11.6. The van der Waals surface area contributed by atoms with Gasteiger partial charge in [0, 0.05) is 32.1 Å². The SMILES string of the molecule is COCCN(CC(=O)N1N=C(c2ccccc2F)C[C@H]1c1ccc(C)cc1)C(=O)CC(C)(C)C. The monoisotopic (exact) mass is 467 g/mol. The minimum absolute atomic E-state index is 0.109. The van der Waals surface area contributed by atoms with Gasteiger partial charge in [-0.15, -0.1) is 0 Å². The van der Waals surface area contributed by atoms with Crippen LogP contribution in [0.25, 0.3) is 0 Å². The standard InChI is InChI=1S/C27H34FN3O3/c1-19-10-12-20(13-11-19)24-16-23(21-8-6-7-9-22(21)28)29-31(24)26(33)18-30(14-15-34-5)25(32)17-27(2,3)4/h6-13,24H,14-18H2,1-5H3/t24-/m0/s1. The summed E-state index contributed by atoms with van der Waals surface area (Å²) in [5.74, 6) is -0.794. The molecule has 182 valence electrons. The summed E-state index contributed by atoms with van der Waals surface area (Å²) >= 11 is 0. The van der Waals surface area contributed by atoms with E-state index in [4.69, 9.17) is 4.74 Å². The molecule has 1 aliphatic rings. The highest BCUT2D eigenvalue weighted by molar-refractivity contribution is 6.03. The van der Waals surface area contributed by atoms with Crippen LogP contribution in [0.4, 0.5) is 4.39 Å². The third kappa shape index (κ3) is 6.50. The summed E-state index contributed by atoms with van der Waals surface area (Å²) in [5.41, 5.74) is 2.71. The molecule has 3 rings (SSSR count). The number of ether oxygens (including phenoxy) is 1. The molecule has 1 heterocycles. The summed E-state index contributed by atoms with van der Waals surface area (Å²) in [6, 6.07) is 14.0. The van der Waals surface area contributed by atoms with E-state index < -0.39 is 0 Å². The van der Waals surface area contributed by atoms with Crippen molar-refractivity contribution in [1.82, 2.24) is 9.91 Å². The topological polar surface area (TPSA) is 62.2 Å². The maximum atomic E-state index is 14.5. The number of benzene rings is 2. The number of nitrogens with zero attached hydrogens (tertiary/aromatic N) is 3. The fraction of sp³-hybridized carbons (Fsp3) is 0.444. The van der Waals surface area contributed by atoms with E-state index >= 15 is 0 Å². The molecule has 0 spiro atoms. The van der Waals surface area contributed by atoms with E-state index in [1.54, 1.807) is 25.3 Å². The van der Waals surface area contributed by atoms with E-state index in [0.29, 0.717) is 37.3 Å². The van der Waals surface area contributed by atoms with Crippen LogP contribution in [0.1, 0.15) is 56.3 Å². The molecule has 0 saturated carbocycles. The largest absolute Gasteiger partial charge is 0.383 e. The Balaban J connectivity index is 1.90. The quantitative estimate of drug-likeness (QED) is 0.564. The number of hydrogen-bond donors (Lipinski definition) is 0. The van der Waals surface area contributed by atoms with Gasteiger partial charge in [0.25, 0.3) is 5.91 Å². The van der Waals surface area contributed by atoms with Crippen molar-refractivity contribution in [3.05, 3.63) is 71.0 Å². The van der Waals surface area contributed by atoms with Crippen LogP contribution in [0.15, 0.2) is 53.6 Å². The Labute approximate surface area is 201 Å². The third-order valence-corrected chi connectivity index (χ3v) is 5.74. The van der Waals surface area contributed by atoms with Gasteiger partial charge in [-0.3, -0.25) is 9.59 Å². The molecule has 7 heteroatoms. The van der Waals surface area contributed by atoms with Gasteiger partial charge in [-0.05, 0) is 24.0 Å². The van der Waals surface area contributed by atoms with Gasteiger partial charge in [-0.2, -0.15) is 5.10 Å². The van der Waals surface area contributed by atoms with Gasteiger partial charge in [0.15, 0.2) is 0 Å². The maximum absolute atomic E-state index is 14.5. The molecule has 6 nitrogen and oxygen atoms in total. The Morgan fingerprint density at radius 2 is 1.82 bits per heavy atom. The van der Waals surface area contributed by atoms with Gasteiger partial charge >= 0.3 is 0 Å². The zero-order valence-electron chi connectivity index (χ0n) is 20.7. The first-order valence-corrected chi connectivity index (χ1v) is 11.6. The lowest BCUT2D eigenvalue weighted by molar-refractivity contribution is -0.143. The van der Waals surface area contributed by atoms with Crippen LogP contribution in [0, 0.1) is 18.2 Å². The first kappa shape index (κ1) is 25.6. The van der Waals surface area contributed by atoms with Crippen LogP contribution in [-0.4, -0.2) is 54.2 Å². The smallest absolute Gasteiger partial charge is 0.262 e. The number of hydrazone groups is 1. The van der Waals surface area contributed by atoms with Crippen molar-refractivity contribution >= 4 is 17.5 Å². The summed E-state index contributed by atoms with van der Waals surface area (Å²) in [4.78, 5) is 28.0. The predicted octanol–water partition coefficient (Wildman–Crippen LogP) is 4.72. The fourth-order valence-electron chi connectivity index (χ4n) is 3.94. The van der Waals surface area contributed by atoms with E-state index in [-0.39, 0.29) is 35.6 Å². The molecule has 0 aliphatic carbocycles. The summed E-state index contributed by atoms with van der Waals surface area (Å²) in [5, 5.41) is 5.97. The number of rotatable bonds is 8. The Morgan fingerprint density at radius 3 is 2.44 bits per heavy atom. The normalized spacial score (nSPS) is 15.9. The summed E-state index contributed by atoms with van der Waals surface area (Å²) in [7, 11) is 1.56. The lowest BCUT2D eigenvalue weighted by Crippen LogP contribution is -2.43. The zero-order chi connectivity index (χ0) is 24.9. The Hall–Kier alpha value is -3.06. The second-order valence-corrected chi connectivity index (χ2v) is 9.94. The van der Waals surface area contributed by atoms with Crippen molar-refractivity contribution in [2.24, 2.45) is 10.5 Å². The zero-order valence-corrected chi connectivity index (χ0v) is 20.7. The highest BCUT2D eigenvalue weighted by Gasteiger charge is 2.35. The highest BCUT2D eigenvalue weighted by Crippen LogP contribution is 2.33. The second-order valence-electron chi connectivity index (χ2n) is 9.94. The number of carbonyl (C=O) groups is 2. The molecule has 2 aromatic carbocycles. The van der Waals surface area contributed by atoms with E-state index in [1.807, 2.05) is 52.0 Å². The van der Waals surface area contributed by atoms with Crippen LogP contribution in [0.3, 0.4) is 0 Å². The van der Waals surface area contributed by atoms with Gasteiger partial charge in [0.1, 0.15) is 12.4 Å².